The highest BCUT2D eigenvalue weighted by Gasteiger charge is 2.19. The highest BCUT2D eigenvalue weighted by atomic mass is 19.1. The maximum atomic E-state index is 13.1. The SMILES string of the molecule is CC(C)C(NC(=O)Cc1c[nH]c2ccccc12)c1ccc(F)cc1. The lowest BCUT2D eigenvalue weighted by atomic mass is 9.95. The van der Waals surface area contributed by atoms with Crippen LogP contribution in [0.4, 0.5) is 4.39 Å². The summed E-state index contributed by atoms with van der Waals surface area (Å²) in [6.45, 7) is 4.08. The van der Waals surface area contributed by atoms with Crippen LogP contribution in [0, 0.1) is 11.7 Å². The number of hydrogen-bond donors (Lipinski definition) is 2. The standard InChI is InChI=1S/C20H21FN2O/c1-13(2)20(14-7-9-16(21)10-8-14)23-19(24)11-15-12-22-18-6-4-3-5-17(15)18/h3-10,12-13,20,22H,11H2,1-2H3,(H,23,24). The minimum absolute atomic E-state index is 0.0391. The van der Waals surface area contributed by atoms with Crippen molar-refractivity contribution in [3.8, 4) is 0 Å². The molecule has 3 aromatic rings. The quantitative estimate of drug-likeness (QED) is 0.719. The Hall–Kier alpha value is -2.62. The number of fused-ring (bicyclic) bond motifs is 1. The van der Waals surface area contributed by atoms with Crippen LogP contribution in [-0.2, 0) is 11.2 Å². The number of H-pyrrole nitrogens is 1. The molecule has 4 heteroatoms. The predicted molar refractivity (Wildman–Crippen MR) is 94.1 cm³/mol. The van der Waals surface area contributed by atoms with Crippen LogP contribution in [-0.4, -0.2) is 10.9 Å². The number of carbonyl (C=O) groups excluding carboxylic acids is 1. The minimum Gasteiger partial charge on any atom is -0.361 e. The van der Waals surface area contributed by atoms with Crippen LogP contribution in [0.15, 0.2) is 54.7 Å². The summed E-state index contributed by atoms with van der Waals surface area (Å²) in [5, 5.41) is 4.15. The van der Waals surface area contributed by atoms with Crippen LogP contribution in [0.25, 0.3) is 10.9 Å². The molecule has 124 valence electrons. The fraction of sp³-hybridized carbons (Fsp3) is 0.250. The lowest BCUT2D eigenvalue weighted by Gasteiger charge is -2.23. The second kappa shape index (κ2) is 6.87. The topological polar surface area (TPSA) is 44.9 Å². The van der Waals surface area contributed by atoms with Gasteiger partial charge in [0.25, 0.3) is 0 Å². The molecule has 0 saturated carbocycles. The van der Waals surface area contributed by atoms with E-state index >= 15 is 0 Å². The van der Waals surface area contributed by atoms with Crippen LogP contribution >= 0.6 is 0 Å². The third kappa shape index (κ3) is 3.48. The zero-order valence-corrected chi connectivity index (χ0v) is 13.8. The second-order valence-electron chi connectivity index (χ2n) is 6.38. The van der Waals surface area contributed by atoms with Gasteiger partial charge in [-0.1, -0.05) is 44.2 Å². The van der Waals surface area contributed by atoms with E-state index < -0.39 is 0 Å². The minimum atomic E-state index is -0.272. The number of carbonyl (C=O) groups is 1. The number of nitrogens with one attached hydrogen (secondary N) is 2. The predicted octanol–water partition coefficient (Wildman–Crippen LogP) is 4.36. The van der Waals surface area contributed by atoms with Gasteiger partial charge in [-0.3, -0.25) is 4.79 Å². The maximum absolute atomic E-state index is 13.1. The zero-order chi connectivity index (χ0) is 17.1. The van der Waals surface area contributed by atoms with Crippen molar-refractivity contribution in [2.24, 2.45) is 5.92 Å². The highest BCUT2D eigenvalue weighted by Crippen LogP contribution is 2.23. The molecule has 0 aliphatic rings. The lowest BCUT2D eigenvalue weighted by Crippen LogP contribution is -2.32. The van der Waals surface area contributed by atoms with E-state index in [4.69, 9.17) is 0 Å². The molecular formula is C20H21FN2O. The number of halogens is 1. The first-order valence-electron chi connectivity index (χ1n) is 8.14. The summed E-state index contributed by atoms with van der Waals surface area (Å²) in [4.78, 5) is 15.7. The Balaban J connectivity index is 1.75. The van der Waals surface area contributed by atoms with Crippen LogP contribution in [0.2, 0.25) is 0 Å². The molecule has 1 amide bonds. The fourth-order valence-electron chi connectivity index (χ4n) is 2.98. The van der Waals surface area contributed by atoms with E-state index in [0.29, 0.717) is 6.42 Å². The average Bonchev–Trinajstić information content (AvgIpc) is 2.96. The number of rotatable bonds is 5. The van der Waals surface area contributed by atoms with E-state index in [2.05, 4.69) is 10.3 Å². The summed E-state index contributed by atoms with van der Waals surface area (Å²) >= 11 is 0. The first-order valence-corrected chi connectivity index (χ1v) is 8.14. The highest BCUT2D eigenvalue weighted by molar-refractivity contribution is 5.89. The molecular weight excluding hydrogens is 303 g/mol. The molecule has 1 heterocycles. The Labute approximate surface area is 140 Å². The molecule has 0 fully saturated rings. The third-order valence-electron chi connectivity index (χ3n) is 4.24. The Morgan fingerprint density at radius 2 is 1.83 bits per heavy atom. The Bertz CT molecular complexity index is 836. The van der Waals surface area contributed by atoms with Crippen LogP contribution in [0.5, 0.6) is 0 Å². The van der Waals surface area contributed by atoms with Gasteiger partial charge in [0.2, 0.25) is 5.91 Å². The number of hydrogen-bond acceptors (Lipinski definition) is 1. The van der Waals surface area contributed by atoms with Crippen molar-refractivity contribution in [2.75, 3.05) is 0 Å². The monoisotopic (exact) mass is 324 g/mol. The van der Waals surface area contributed by atoms with Crippen molar-refractivity contribution < 1.29 is 9.18 Å². The van der Waals surface area contributed by atoms with Crippen molar-refractivity contribution in [1.29, 1.82) is 0 Å². The molecule has 0 saturated heterocycles. The second-order valence-corrected chi connectivity index (χ2v) is 6.38. The smallest absolute Gasteiger partial charge is 0.224 e. The van der Waals surface area contributed by atoms with Gasteiger partial charge in [0, 0.05) is 17.1 Å². The first kappa shape index (κ1) is 16.2. The third-order valence-corrected chi connectivity index (χ3v) is 4.24. The molecule has 1 aromatic heterocycles. The summed E-state index contributed by atoms with van der Waals surface area (Å²) in [5.41, 5.74) is 2.92. The van der Waals surface area contributed by atoms with E-state index in [0.717, 1.165) is 22.0 Å². The molecule has 1 unspecified atom stereocenters. The van der Waals surface area contributed by atoms with E-state index in [-0.39, 0.29) is 23.7 Å². The first-order chi connectivity index (χ1) is 11.5. The summed E-state index contributed by atoms with van der Waals surface area (Å²) in [6, 6.07) is 14.1. The van der Waals surface area contributed by atoms with Crippen molar-refractivity contribution in [2.45, 2.75) is 26.3 Å². The average molecular weight is 324 g/mol. The molecule has 3 rings (SSSR count). The molecule has 24 heavy (non-hydrogen) atoms. The molecule has 0 radical (unpaired) electrons. The van der Waals surface area contributed by atoms with Crippen LogP contribution < -0.4 is 5.32 Å². The molecule has 2 N–H and O–H groups in total. The van der Waals surface area contributed by atoms with E-state index in [1.807, 2.05) is 44.3 Å². The van der Waals surface area contributed by atoms with E-state index in [9.17, 15) is 9.18 Å². The van der Waals surface area contributed by atoms with E-state index in [1.165, 1.54) is 12.1 Å². The van der Waals surface area contributed by atoms with Gasteiger partial charge in [0.1, 0.15) is 5.82 Å². The number of para-hydroxylation sites is 1. The van der Waals surface area contributed by atoms with Gasteiger partial charge in [-0.25, -0.2) is 4.39 Å². The summed E-state index contributed by atoms with van der Waals surface area (Å²) in [5.74, 6) is -0.100. The molecule has 2 aromatic carbocycles. The summed E-state index contributed by atoms with van der Waals surface area (Å²) < 4.78 is 13.1. The van der Waals surface area contributed by atoms with Gasteiger partial charge in [-0.15, -0.1) is 0 Å². The van der Waals surface area contributed by atoms with Gasteiger partial charge in [0.15, 0.2) is 0 Å². The Morgan fingerprint density at radius 3 is 2.54 bits per heavy atom. The number of benzene rings is 2. The Morgan fingerprint density at radius 1 is 1.12 bits per heavy atom. The molecule has 0 bridgehead atoms. The van der Waals surface area contributed by atoms with Crippen LogP contribution in [0.1, 0.15) is 31.0 Å². The normalized spacial score (nSPS) is 12.5. The number of aromatic amines is 1. The van der Waals surface area contributed by atoms with Gasteiger partial charge in [0.05, 0.1) is 12.5 Å². The molecule has 0 aliphatic heterocycles. The molecule has 0 spiro atoms. The van der Waals surface area contributed by atoms with Gasteiger partial charge >= 0.3 is 0 Å². The lowest BCUT2D eigenvalue weighted by molar-refractivity contribution is -0.121. The number of aromatic nitrogens is 1. The van der Waals surface area contributed by atoms with Gasteiger partial charge in [-0.05, 0) is 35.2 Å². The van der Waals surface area contributed by atoms with Crippen LogP contribution in [0.3, 0.4) is 0 Å². The van der Waals surface area contributed by atoms with Crippen molar-refractivity contribution in [1.82, 2.24) is 10.3 Å². The molecule has 0 aliphatic carbocycles. The number of amides is 1. The Kier molecular flexibility index (Phi) is 4.65. The summed E-state index contributed by atoms with van der Waals surface area (Å²) in [7, 11) is 0. The van der Waals surface area contributed by atoms with Gasteiger partial charge < -0.3 is 10.3 Å². The van der Waals surface area contributed by atoms with E-state index in [1.54, 1.807) is 12.1 Å². The van der Waals surface area contributed by atoms with Crippen molar-refractivity contribution in [3.05, 3.63) is 71.7 Å². The fourth-order valence-corrected chi connectivity index (χ4v) is 2.98. The molecule has 3 nitrogen and oxygen atoms in total. The largest absolute Gasteiger partial charge is 0.361 e. The zero-order valence-electron chi connectivity index (χ0n) is 13.8. The van der Waals surface area contributed by atoms with Crippen molar-refractivity contribution >= 4 is 16.8 Å². The molecule has 1 atom stereocenters. The van der Waals surface area contributed by atoms with Gasteiger partial charge in [-0.2, -0.15) is 0 Å². The van der Waals surface area contributed by atoms with Crippen molar-refractivity contribution in [3.63, 3.8) is 0 Å². The maximum Gasteiger partial charge on any atom is 0.224 e. The summed E-state index contributed by atoms with van der Waals surface area (Å²) in [6.07, 6.45) is 2.20.